The van der Waals surface area contributed by atoms with Gasteiger partial charge in [-0.15, -0.1) is 10.2 Å². The van der Waals surface area contributed by atoms with Crippen molar-refractivity contribution in [2.24, 2.45) is 0 Å². The number of halogens is 1. The van der Waals surface area contributed by atoms with E-state index in [0.29, 0.717) is 22.7 Å². The van der Waals surface area contributed by atoms with Gasteiger partial charge in [0.2, 0.25) is 0 Å². The topological polar surface area (TPSA) is 56.2 Å². The number of aromatic nitrogens is 3. The van der Waals surface area contributed by atoms with Gasteiger partial charge in [-0.2, -0.15) is 0 Å². The quantitative estimate of drug-likeness (QED) is 0.667. The molecule has 3 aromatic rings. The third-order valence-corrected chi connectivity index (χ3v) is 2.80. The van der Waals surface area contributed by atoms with Gasteiger partial charge in [-0.05, 0) is 42.8 Å². The number of nitrogens with zero attached hydrogens (tertiary/aromatic N) is 3. The smallest absolute Gasteiger partial charge is 0.171 e. The maximum absolute atomic E-state index is 13.9. The molecule has 0 bridgehead atoms. The van der Waals surface area contributed by atoms with Crippen LogP contribution >= 0.6 is 0 Å². The molecule has 0 atom stereocenters. The van der Waals surface area contributed by atoms with E-state index < -0.39 is 5.82 Å². The summed E-state index contributed by atoms with van der Waals surface area (Å²) in [5, 5.41) is 8.06. The molecular formula is C13H11FN4. The van der Waals surface area contributed by atoms with Crippen LogP contribution in [0.1, 0.15) is 5.56 Å². The number of hydrogen-bond donors (Lipinski definition) is 1. The lowest BCUT2D eigenvalue weighted by Crippen LogP contribution is -1.94. The molecular weight excluding hydrogens is 231 g/mol. The van der Waals surface area contributed by atoms with Gasteiger partial charge in [-0.3, -0.25) is 4.40 Å². The molecule has 4 nitrogen and oxygen atoms in total. The second kappa shape index (κ2) is 3.80. The lowest BCUT2D eigenvalue weighted by Gasteiger charge is -2.03. The largest absolute Gasteiger partial charge is 0.399 e. The minimum atomic E-state index is -0.398. The summed E-state index contributed by atoms with van der Waals surface area (Å²) in [4.78, 5) is 0. The first kappa shape index (κ1) is 10.7. The summed E-state index contributed by atoms with van der Waals surface area (Å²) >= 11 is 0. The molecule has 0 spiro atoms. The zero-order valence-corrected chi connectivity index (χ0v) is 9.76. The van der Waals surface area contributed by atoms with Crippen LogP contribution < -0.4 is 5.73 Å². The third-order valence-electron chi connectivity index (χ3n) is 2.80. The molecule has 0 radical (unpaired) electrons. The van der Waals surface area contributed by atoms with Gasteiger partial charge in [0.25, 0.3) is 0 Å². The Balaban J connectivity index is 2.25. The Hall–Kier alpha value is -2.43. The third kappa shape index (κ3) is 1.60. The number of anilines is 1. The predicted octanol–water partition coefficient (Wildman–Crippen LogP) is 2.43. The van der Waals surface area contributed by atoms with Gasteiger partial charge in [0.1, 0.15) is 5.82 Å². The van der Waals surface area contributed by atoms with Crippen molar-refractivity contribution in [2.45, 2.75) is 6.92 Å². The van der Waals surface area contributed by atoms with E-state index in [1.807, 2.05) is 25.3 Å². The number of aryl methyl sites for hydroxylation is 1. The first-order chi connectivity index (χ1) is 8.65. The van der Waals surface area contributed by atoms with E-state index in [2.05, 4.69) is 10.2 Å². The van der Waals surface area contributed by atoms with Crippen LogP contribution in [0.25, 0.3) is 17.0 Å². The second-order valence-corrected chi connectivity index (χ2v) is 4.20. The van der Waals surface area contributed by atoms with E-state index in [4.69, 9.17) is 5.73 Å². The summed E-state index contributed by atoms with van der Waals surface area (Å²) in [5.74, 6) is 0.0763. The summed E-state index contributed by atoms with van der Waals surface area (Å²) in [6.07, 6.45) is 1.83. The summed E-state index contributed by atoms with van der Waals surface area (Å²) in [7, 11) is 0. The normalized spacial score (nSPS) is 11.0. The highest BCUT2D eigenvalue weighted by Crippen LogP contribution is 2.23. The second-order valence-electron chi connectivity index (χ2n) is 4.20. The van der Waals surface area contributed by atoms with Crippen molar-refractivity contribution < 1.29 is 4.39 Å². The fourth-order valence-electron chi connectivity index (χ4n) is 1.89. The van der Waals surface area contributed by atoms with Crippen molar-refractivity contribution in [3.63, 3.8) is 0 Å². The van der Waals surface area contributed by atoms with E-state index in [-0.39, 0.29) is 0 Å². The molecule has 0 saturated heterocycles. The molecule has 5 heteroatoms. The van der Waals surface area contributed by atoms with Gasteiger partial charge in [0.15, 0.2) is 11.5 Å². The lowest BCUT2D eigenvalue weighted by atomic mass is 10.2. The van der Waals surface area contributed by atoms with Crippen LogP contribution in [0.15, 0.2) is 36.5 Å². The van der Waals surface area contributed by atoms with Gasteiger partial charge in [-0.25, -0.2) is 4.39 Å². The maximum atomic E-state index is 13.9. The maximum Gasteiger partial charge on any atom is 0.171 e. The molecule has 2 N–H and O–H groups in total. The number of pyridine rings is 1. The lowest BCUT2D eigenvalue weighted by molar-refractivity contribution is 0.630. The predicted molar refractivity (Wildman–Crippen MR) is 67.5 cm³/mol. The fourth-order valence-corrected chi connectivity index (χ4v) is 1.89. The molecule has 90 valence electrons. The Bertz CT molecular complexity index is 733. The zero-order valence-electron chi connectivity index (χ0n) is 9.76. The number of hydrogen-bond acceptors (Lipinski definition) is 3. The fraction of sp³-hybridized carbons (Fsp3) is 0.0769. The molecule has 0 aliphatic carbocycles. The van der Waals surface area contributed by atoms with Crippen LogP contribution in [0.2, 0.25) is 0 Å². The van der Waals surface area contributed by atoms with Crippen molar-refractivity contribution in [1.82, 2.24) is 14.6 Å². The Morgan fingerprint density at radius 2 is 2.00 bits per heavy atom. The van der Waals surface area contributed by atoms with Crippen LogP contribution in [0, 0.1) is 12.7 Å². The Morgan fingerprint density at radius 1 is 1.17 bits per heavy atom. The molecule has 0 saturated carbocycles. The van der Waals surface area contributed by atoms with Crippen molar-refractivity contribution >= 4 is 11.3 Å². The first-order valence-corrected chi connectivity index (χ1v) is 5.52. The Kier molecular flexibility index (Phi) is 2.26. The highest BCUT2D eigenvalue weighted by Gasteiger charge is 2.12. The minimum absolute atomic E-state index is 0.389. The first-order valence-electron chi connectivity index (χ1n) is 5.52. The summed E-state index contributed by atoms with van der Waals surface area (Å²) in [6, 6.07) is 8.36. The number of fused-ring (bicyclic) bond motifs is 1. The average Bonchev–Trinajstić information content (AvgIpc) is 2.72. The summed E-state index contributed by atoms with van der Waals surface area (Å²) in [6.45, 7) is 1.97. The number of benzene rings is 1. The zero-order chi connectivity index (χ0) is 12.7. The summed E-state index contributed by atoms with van der Waals surface area (Å²) in [5.41, 5.74) is 8.09. The molecule has 0 aliphatic rings. The molecule has 0 amide bonds. The SMILES string of the molecule is Cc1ccn2c(-c3ccc(N)cc3F)nnc2c1. The van der Waals surface area contributed by atoms with Crippen LogP contribution in [-0.2, 0) is 0 Å². The molecule has 18 heavy (non-hydrogen) atoms. The molecule has 2 heterocycles. The minimum Gasteiger partial charge on any atom is -0.399 e. The molecule has 0 aliphatic heterocycles. The average molecular weight is 242 g/mol. The van der Waals surface area contributed by atoms with E-state index in [0.717, 1.165) is 5.56 Å². The van der Waals surface area contributed by atoms with Crippen LogP contribution in [0.4, 0.5) is 10.1 Å². The molecule has 3 rings (SSSR count). The van der Waals surface area contributed by atoms with E-state index in [1.54, 1.807) is 16.5 Å². The molecule has 1 aromatic carbocycles. The van der Waals surface area contributed by atoms with Crippen LogP contribution in [0.3, 0.4) is 0 Å². The molecule has 0 unspecified atom stereocenters. The van der Waals surface area contributed by atoms with Gasteiger partial charge >= 0.3 is 0 Å². The van der Waals surface area contributed by atoms with E-state index >= 15 is 0 Å². The number of rotatable bonds is 1. The van der Waals surface area contributed by atoms with Gasteiger partial charge in [0.05, 0.1) is 5.56 Å². The van der Waals surface area contributed by atoms with Crippen molar-refractivity contribution in [2.75, 3.05) is 5.73 Å². The Labute approximate surface area is 103 Å². The molecule has 0 fully saturated rings. The summed E-state index contributed by atoms with van der Waals surface area (Å²) < 4.78 is 15.6. The van der Waals surface area contributed by atoms with Gasteiger partial charge in [-0.1, -0.05) is 0 Å². The van der Waals surface area contributed by atoms with E-state index in [9.17, 15) is 4.39 Å². The number of nitrogens with two attached hydrogens (primary N) is 1. The highest BCUT2D eigenvalue weighted by atomic mass is 19.1. The van der Waals surface area contributed by atoms with Gasteiger partial charge < -0.3 is 5.73 Å². The highest BCUT2D eigenvalue weighted by molar-refractivity contribution is 5.63. The van der Waals surface area contributed by atoms with Crippen molar-refractivity contribution in [3.8, 4) is 11.4 Å². The van der Waals surface area contributed by atoms with Crippen molar-refractivity contribution in [1.29, 1.82) is 0 Å². The number of nitrogen functional groups attached to an aromatic ring is 1. The van der Waals surface area contributed by atoms with Gasteiger partial charge in [0, 0.05) is 11.9 Å². The van der Waals surface area contributed by atoms with Crippen LogP contribution in [0.5, 0.6) is 0 Å². The standard InChI is InChI=1S/C13H11FN4/c1-8-4-5-18-12(6-8)16-17-13(18)10-3-2-9(15)7-11(10)14/h2-7H,15H2,1H3. The van der Waals surface area contributed by atoms with E-state index in [1.165, 1.54) is 6.07 Å². The Morgan fingerprint density at radius 3 is 2.78 bits per heavy atom. The van der Waals surface area contributed by atoms with Crippen LogP contribution in [-0.4, -0.2) is 14.6 Å². The monoisotopic (exact) mass is 242 g/mol. The van der Waals surface area contributed by atoms with Crippen molar-refractivity contribution in [3.05, 3.63) is 47.9 Å². The molecule has 2 aromatic heterocycles.